The summed E-state index contributed by atoms with van der Waals surface area (Å²) in [5, 5.41) is 2.43. The Balaban J connectivity index is 1.61. The maximum atomic E-state index is 12.4. The molecule has 2 aliphatic rings. The van der Waals surface area contributed by atoms with Crippen molar-refractivity contribution in [2.75, 3.05) is 32.7 Å². The summed E-state index contributed by atoms with van der Waals surface area (Å²) < 4.78 is 0. The highest BCUT2D eigenvalue weighted by Crippen LogP contribution is 2.38. The summed E-state index contributed by atoms with van der Waals surface area (Å²) in [5.74, 6) is 0.300. The van der Waals surface area contributed by atoms with E-state index in [9.17, 15) is 4.79 Å². The summed E-state index contributed by atoms with van der Waals surface area (Å²) in [5.41, 5.74) is 9.18. The molecule has 2 aromatic carbocycles. The van der Waals surface area contributed by atoms with Crippen LogP contribution in [0.5, 0.6) is 0 Å². The van der Waals surface area contributed by atoms with Crippen molar-refractivity contribution < 1.29 is 4.79 Å². The number of carbonyl (C=O) groups is 1. The molecule has 2 unspecified atom stereocenters. The molecule has 5 heteroatoms. The predicted octanol–water partition coefficient (Wildman–Crippen LogP) is 4.26. The van der Waals surface area contributed by atoms with Crippen molar-refractivity contribution in [3.8, 4) is 0 Å². The molecule has 0 aromatic heterocycles. The van der Waals surface area contributed by atoms with Crippen molar-refractivity contribution >= 4 is 5.91 Å². The minimum Gasteiger partial charge on any atom is -0.340 e. The van der Waals surface area contributed by atoms with Gasteiger partial charge >= 0.3 is 0 Å². The third-order valence-corrected chi connectivity index (χ3v) is 6.53. The number of nitrogens with zero attached hydrogens (tertiary/aromatic N) is 3. The van der Waals surface area contributed by atoms with E-state index in [1.54, 1.807) is 0 Å². The first-order valence-electron chi connectivity index (χ1n) is 11.8. The van der Waals surface area contributed by atoms with Crippen molar-refractivity contribution in [2.45, 2.75) is 52.2 Å². The molecule has 1 N–H and O–H groups in total. The third kappa shape index (κ3) is 4.69. The smallest absolute Gasteiger partial charge is 0.222 e. The van der Waals surface area contributed by atoms with E-state index in [0.29, 0.717) is 12.3 Å². The van der Waals surface area contributed by atoms with Crippen molar-refractivity contribution in [1.82, 2.24) is 20.2 Å². The zero-order chi connectivity index (χ0) is 21.8. The molecule has 5 nitrogen and oxygen atoms in total. The number of hydrogen-bond donors (Lipinski definition) is 1. The fraction of sp³-hybridized carbons (Fsp3) is 0.500. The van der Waals surface area contributed by atoms with Gasteiger partial charge < -0.3 is 4.90 Å². The molecule has 2 aromatic rings. The number of hydrogen-bond acceptors (Lipinski definition) is 4. The quantitative estimate of drug-likeness (QED) is 0.758. The van der Waals surface area contributed by atoms with E-state index < -0.39 is 0 Å². The van der Waals surface area contributed by atoms with Gasteiger partial charge in [0, 0.05) is 39.1 Å². The SMILES string of the molecule is CCCC(=O)N1CCN(C2c3ccccc3C(c3ccc(C)cc3)NN2CCC)CC1. The Morgan fingerprint density at radius 1 is 0.935 bits per heavy atom. The molecule has 0 saturated carbocycles. The second kappa shape index (κ2) is 9.94. The Labute approximate surface area is 187 Å². The summed E-state index contributed by atoms with van der Waals surface area (Å²) >= 11 is 0. The van der Waals surface area contributed by atoms with Gasteiger partial charge in [-0.3, -0.25) is 9.69 Å². The topological polar surface area (TPSA) is 38.8 Å². The highest BCUT2D eigenvalue weighted by Gasteiger charge is 2.37. The van der Waals surface area contributed by atoms with E-state index >= 15 is 0 Å². The average molecular weight is 421 g/mol. The first-order chi connectivity index (χ1) is 15.1. The highest BCUT2D eigenvalue weighted by atomic mass is 16.2. The molecule has 166 valence electrons. The van der Waals surface area contributed by atoms with Crippen LogP contribution in [0.15, 0.2) is 48.5 Å². The number of fused-ring (bicyclic) bond motifs is 1. The Kier molecular flexibility index (Phi) is 7.06. The van der Waals surface area contributed by atoms with Crippen LogP contribution in [0.25, 0.3) is 0 Å². The zero-order valence-corrected chi connectivity index (χ0v) is 19.2. The number of nitrogens with one attached hydrogen (secondary N) is 1. The molecule has 4 rings (SSSR count). The van der Waals surface area contributed by atoms with Gasteiger partial charge in [-0.2, -0.15) is 0 Å². The third-order valence-electron chi connectivity index (χ3n) is 6.53. The monoisotopic (exact) mass is 420 g/mol. The van der Waals surface area contributed by atoms with E-state index in [1.807, 2.05) is 4.90 Å². The van der Waals surface area contributed by atoms with Gasteiger partial charge in [0.05, 0.1) is 6.04 Å². The molecule has 1 amide bonds. The van der Waals surface area contributed by atoms with E-state index in [1.165, 1.54) is 22.3 Å². The number of rotatable bonds is 6. The first-order valence-corrected chi connectivity index (χ1v) is 11.8. The maximum Gasteiger partial charge on any atom is 0.222 e. The Bertz CT molecular complexity index is 873. The van der Waals surface area contributed by atoms with Crippen LogP contribution in [0.3, 0.4) is 0 Å². The predicted molar refractivity (Wildman–Crippen MR) is 125 cm³/mol. The molecular weight excluding hydrogens is 384 g/mol. The lowest BCUT2D eigenvalue weighted by atomic mass is 9.90. The van der Waals surface area contributed by atoms with Crippen LogP contribution in [0.4, 0.5) is 0 Å². The van der Waals surface area contributed by atoms with Crippen LogP contribution in [-0.2, 0) is 4.79 Å². The number of carbonyl (C=O) groups excluding carboxylic acids is 1. The number of benzene rings is 2. The second-order valence-electron chi connectivity index (χ2n) is 8.84. The largest absolute Gasteiger partial charge is 0.340 e. The van der Waals surface area contributed by atoms with E-state index in [0.717, 1.165) is 45.6 Å². The van der Waals surface area contributed by atoms with Crippen LogP contribution in [0, 0.1) is 6.92 Å². The molecule has 0 spiro atoms. The maximum absolute atomic E-state index is 12.4. The summed E-state index contributed by atoms with van der Waals surface area (Å²) in [6.45, 7) is 10.9. The molecule has 0 radical (unpaired) electrons. The van der Waals surface area contributed by atoms with E-state index in [4.69, 9.17) is 0 Å². The molecule has 0 aliphatic carbocycles. The summed E-state index contributed by atoms with van der Waals surface area (Å²) in [7, 11) is 0. The van der Waals surface area contributed by atoms with Gasteiger partial charge in [-0.25, -0.2) is 10.4 Å². The molecule has 2 atom stereocenters. The summed E-state index contributed by atoms with van der Waals surface area (Å²) in [6, 6.07) is 17.9. The van der Waals surface area contributed by atoms with Gasteiger partial charge in [-0.05, 0) is 36.5 Å². The van der Waals surface area contributed by atoms with Crippen LogP contribution in [0.1, 0.15) is 67.6 Å². The lowest BCUT2D eigenvalue weighted by molar-refractivity contribution is -0.134. The number of amides is 1. The van der Waals surface area contributed by atoms with Crippen molar-refractivity contribution in [3.63, 3.8) is 0 Å². The lowest BCUT2D eigenvalue weighted by Crippen LogP contribution is -2.58. The van der Waals surface area contributed by atoms with Gasteiger partial charge in [-0.1, -0.05) is 67.9 Å². The fourth-order valence-corrected chi connectivity index (χ4v) is 4.91. The average Bonchev–Trinajstić information content (AvgIpc) is 2.80. The molecule has 31 heavy (non-hydrogen) atoms. The van der Waals surface area contributed by atoms with Gasteiger partial charge in [-0.15, -0.1) is 0 Å². The molecule has 1 fully saturated rings. The summed E-state index contributed by atoms with van der Waals surface area (Å²) in [4.78, 5) is 16.9. The van der Waals surface area contributed by atoms with Gasteiger partial charge in [0.25, 0.3) is 0 Å². The standard InChI is InChI=1S/C26H36N4O/c1-4-8-24(31)28-16-18-29(19-17-28)26-23-10-7-6-9-22(23)25(27-30(26)15-5-2)21-13-11-20(3)12-14-21/h6-7,9-14,25-27H,4-5,8,15-19H2,1-3H3. The van der Waals surface area contributed by atoms with Crippen LogP contribution < -0.4 is 5.43 Å². The molecule has 2 aliphatic heterocycles. The number of piperazine rings is 1. The van der Waals surface area contributed by atoms with E-state index in [-0.39, 0.29) is 12.2 Å². The van der Waals surface area contributed by atoms with Gasteiger partial charge in [0.15, 0.2) is 0 Å². The Hall–Kier alpha value is -2.21. The number of hydrazine groups is 1. The van der Waals surface area contributed by atoms with Crippen molar-refractivity contribution in [1.29, 1.82) is 0 Å². The minimum absolute atomic E-state index is 0.159. The molecule has 1 saturated heterocycles. The Morgan fingerprint density at radius 3 is 2.26 bits per heavy atom. The second-order valence-corrected chi connectivity index (χ2v) is 8.84. The molecular formula is C26H36N4O. The normalized spacial score (nSPS) is 22.4. The van der Waals surface area contributed by atoms with Crippen molar-refractivity contribution in [3.05, 3.63) is 70.8 Å². The van der Waals surface area contributed by atoms with Crippen LogP contribution >= 0.6 is 0 Å². The van der Waals surface area contributed by atoms with Gasteiger partial charge in [0.1, 0.15) is 6.17 Å². The summed E-state index contributed by atoms with van der Waals surface area (Å²) in [6.07, 6.45) is 2.86. The Morgan fingerprint density at radius 2 is 1.61 bits per heavy atom. The van der Waals surface area contributed by atoms with E-state index in [2.05, 4.69) is 84.6 Å². The molecule has 0 bridgehead atoms. The highest BCUT2D eigenvalue weighted by molar-refractivity contribution is 5.76. The van der Waals surface area contributed by atoms with Crippen LogP contribution in [0.2, 0.25) is 0 Å². The first kappa shape index (κ1) is 22.0. The van der Waals surface area contributed by atoms with Crippen molar-refractivity contribution in [2.24, 2.45) is 0 Å². The number of aryl methyl sites for hydroxylation is 1. The zero-order valence-electron chi connectivity index (χ0n) is 19.2. The van der Waals surface area contributed by atoms with Gasteiger partial charge in [0.2, 0.25) is 5.91 Å². The fourth-order valence-electron chi connectivity index (χ4n) is 4.91. The lowest BCUT2D eigenvalue weighted by Gasteiger charge is -2.49. The minimum atomic E-state index is 0.159. The van der Waals surface area contributed by atoms with Crippen LogP contribution in [-0.4, -0.2) is 53.4 Å². The molecule has 2 heterocycles.